The summed E-state index contributed by atoms with van der Waals surface area (Å²) in [6.07, 6.45) is 3.26. The third-order valence-electron chi connectivity index (χ3n) is 4.17. The fourth-order valence-corrected chi connectivity index (χ4v) is 4.19. The number of likely N-dealkylation sites (tertiary alicyclic amines) is 1. The molecule has 1 N–H and O–H groups in total. The molecule has 0 saturated carbocycles. The third-order valence-corrected chi connectivity index (χ3v) is 5.40. The molecule has 0 aromatic heterocycles. The molecule has 2 saturated heterocycles. The first-order valence-electron chi connectivity index (χ1n) is 7.34. The number of thioether (sulfide) groups is 1. The van der Waals surface area contributed by atoms with E-state index in [2.05, 4.69) is 5.32 Å². The summed E-state index contributed by atoms with van der Waals surface area (Å²) >= 11 is 1.98. The van der Waals surface area contributed by atoms with Gasteiger partial charge in [0.15, 0.2) is 0 Å². The van der Waals surface area contributed by atoms with Crippen LogP contribution in [0, 0.1) is 5.92 Å². The Morgan fingerprint density at radius 3 is 2.68 bits per heavy atom. The molecule has 2 heterocycles. The number of nitrogens with one attached hydrogen (secondary N) is 1. The summed E-state index contributed by atoms with van der Waals surface area (Å²) in [5.41, 5.74) is 0. The van der Waals surface area contributed by atoms with E-state index in [1.165, 1.54) is 22.8 Å². The summed E-state index contributed by atoms with van der Waals surface area (Å²) in [7, 11) is 0. The lowest BCUT2D eigenvalue weighted by Gasteiger charge is -2.24. The van der Waals surface area contributed by atoms with E-state index in [1.807, 2.05) is 25.6 Å². The minimum Gasteiger partial charge on any atom is -0.305 e. The lowest BCUT2D eigenvalue weighted by molar-refractivity contribution is -0.141. The summed E-state index contributed by atoms with van der Waals surface area (Å²) in [6.45, 7) is 4.93. The summed E-state index contributed by atoms with van der Waals surface area (Å²) in [5.74, 6) is 3.05. The van der Waals surface area contributed by atoms with Gasteiger partial charge in [0.05, 0.1) is 12.5 Å². The van der Waals surface area contributed by atoms with Crippen molar-refractivity contribution >= 4 is 23.6 Å². The van der Waals surface area contributed by atoms with Gasteiger partial charge in [0.1, 0.15) is 0 Å². The van der Waals surface area contributed by atoms with Gasteiger partial charge in [0.2, 0.25) is 11.8 Å². The maximum Gasteiger partial charge on any atom is 0.247 e. The zero-order valence-corrected chi connectivity index (χ0v) is 12.7. The van der Waals surface area contributed by atoms with Crippen LogP contribution in [0.2, 0.25) is 0 Å². The van der Waals surface area contributed by atoms with Crippen LogP contribution in [0.15, 0.2) is 0 Å². The highest BCUT2D eigenvalue weighted by Gasteiger charge is 2.41. The van der Waals surface area contributed by atoms with Gasteiger partial charge >= 0.3 is 0 Å². The topological polar surface area (TPSA) is 49.4 Å². The van der Waals surface area contributed by atoms with Gasteiger partial charge in [-0.3, -0.25) is 14.5 Å². The van der Waals surface area contributed by atoms with Crippen molar-refractivity contribution in [2.45, 2.75) is 51.6 Å². The summed E-state index contributed by atoms with van der Waals surface area (Å²) in [4.78, 5) is 25.8. The van der Waals surface area contributed by atoms with Gasteiger partial charge < -0.3 is 5.32 Å². The first-order valence-corrected chi connectivity index (χ1v) is 8.49. The van der Waals surface area contributed by atoms with Crippen LogP contribution in [0.1, 0.15) is 39.5 Å². The van der Waals surface area contributed by atoms with E-state index in [0.717, 1.165) is 19.4 Å². The quantitative estimate of drug-likeness (QED) is 0.753. The largest absolute Gasteiger partial charge is 0.305 e. The molecule has 5 heteroatoms. The number of hydrogen-bond donors (Lipinski definition) is 1. The normalized spacial score (nSPS) is 27.8. The van der Waals surface area contributed by atoms with Crippen molar-refractivity contribution < 1.29 is 9.59 Å². The van der Waals surface area contributed by atoms with Gasteiger partial charge in [0, 0.05) is 6.04 Å². The minimum atomic E-state index is -0.279. The lowest BCUT2D eigenvalue weighted by Crippen LogP contribution is -2.44. The molecule has 0 aliphatic carbocycles. The molecule has 4 nitrogen and oxygen atoms in total. The van der Waals surface area contributed by atoms with E-state index in [9.17, 15) is 9.59 Å². The number of carbonyl (C=O) groups excluding carboxylic acids is 2. The Hall–Kier alpha value is -0.550. The average molecular weight is 284 g/mol. The van der Waals surface area contributed by atoms with Crippen LogP contribution in [-0.4, -0.2) is 46.8 Å². The Kier molecular flexibility index (Phi) is 5.28. The number of nitrogens with zero attached hydrogens (tertiary/aromatic N) is 1. The van der Waals surface area contributed by atoms with Crippen molar-refractivity contribution in [3.8, 4) is 0 Å². The Labute approximate surface area is 119 Å². The van der Waals surface area contributed by atoms with Crippen molar-refractivity contribution in [1.82, 2.24) is 10.2 Å². The monoisotopic (exact) mass is 284 g/mol. The first kappa shape index (κ1) is 14.9. The molecule has 2 fully saturated rings. The predicted molar refractivity (Wildman–Crippen MR) is 78.1 cm³/mol. The Bertz CT molecular complexity index is 338. The molecule has 2 aliphatic rings. The number of amides is 2. The molecular formula is C14H24N2O2S. The van der Waals surface area contributed by atoms with Gasteiger partial charge in [-0.25, -0.2) is 0 Å². The number of rotatable bonds is 6. The SMILES string of the molecule is CCC(CC)N1C(=O)CC(NCC2CCSC2)C1=O. The van der Waals surface area contributed by atoms with Crippen molar-refractivity contribution in [2.24, 2.45) is 5.92 Å². The fourth-order valence-electron chi connectivity index (χ4n) is 2.90. The van der Waals surface area contributed by atoms with Crippen LogP contribution in [-0.2, 0) is 9.59 Å². The Balaban J connectivity index is 1.89. The van der Waals surface area contributed by atoms with Gasteiger partial charge in [-0.05, 0) is 43.2 Å². The second-order valence-corrected chi connectivity index (χ2v) is 6.62. The second-order valence-electron chi connectivity index (χ2n) is 5.47. The molecule has 0 aromatic rings. The van der Waals surface area contributed by atoms with Gasteiger partial charge in [-0.2, -0.15) is 11.8 Å². The zero-order chi connectivity index (χ0) is 13.8. The molecule has 2 aliphatic heterocycles. The highest BCUT2D eigenvalue weighted by Crippen LogP contribution is 2.24. The van der Waals surface area contributed by atoms with Crippen molar-refractivity contribution in [3.63, 3.8) is 0 Å². The van der Waals surface area contributed by atoms with Crippen LogP contribution in [0.5, 0.6) is 0 Å². The first-order chi connectivity index (χ1) is 9.17. The summed E-state index contributed by atoms with van der Waals surface area (Å²) < 4.78 is 0. The average Bonchev–Trinajstić information content (AvgIpc) is 3.00. The molecule has 0 radical (unpaired) electrons. The molecule has 2 rings (SSSR count). The highest BCUT2D eigenvalue weighted by atomic mass is 32.2. The van der Waals surface area contributed by atoms with Crippen LogP contribution < -0.4 is 5.32 Å². The van der Waals surface area contributed by atoms with Crippen LogP contribution >= 0.6 is 11.8 Å². The Morgan fingerprint density at radius 2 is 2.11 bits per heavy atom. The van der Waals surface area contributed by atoms with Gasteiger partial charge in [0.25, 0.3) is 0 Å². The molecule has 2 atom stereocenters. The van der Waals surface area contributed by atoms with Crippen molar-refractivity contribution in [1.29, 1.82) is 0 Å². The van der Waals surface area contributed by atoms with Crippen molar-refractivity contribution in [3.05, 3.63) is 0 Å². The number of imide groups is 1. The molecule has 2 unspecified atom stereocenters. The lowest BCUT2D eigenvalue weighted by atomic mass is 10.1. The molecule has 0 aromatic carbocycles. The number of hydrogen-bond acceptors (Lipinski definition) is 4. The van der Waals surface area contributed by atoms with E-state index < -0.39 is 0 Å². The molecular weight excluding hydrogens is 260 g/mol. The standard InChI is InChI=1S/C14H24N2O2S/c1-3-11(4-2)16-13(17)7-12(14(16)18)15-8-10-5-6-19-9-10/h10-12,15H,3-9H2,1-2H3. The zero-order valence-electron chi connectivity index (χ0n) is 11.9. The second kappa shape index (κ2) is 6.75. The van der Waals surface area contributed by atoms with Gasteiger partial charge in [-0.15, -0.1) is 0 Å². The summed E-state index contributed by atoms with van der Waals surface area (Å²) in [5, 5.41) is 3.31. The third kappa shape index (κ3) is 3.31. The van der Waals surface area contributed by atoms with Crippen LogP contribution in [0.3, 0.4) is 0 Å². The Morgan fingerprint density at radius 1 is 1.37 bits per heavy atom. The van der Waals surface area contributed by atoms with E-state index in [-0.39, 0.29) is 23.9 Å². The van der Waals surface area contributed by atoms with Crippen LogP contribution in [0.25, 0.3) is 0 Å². The van der Waals surface area contributed by atoms with Crippen LogP contribution in [0.4, 0.5) is 0 Å². The maximum absolute atomic E-state index is 12.3. The molecule has 0 bridgehead atoms. The highest BCUT2D eigenvalue weighted by molar-refractivity contribution is 7.99. The smallest absolute Gasteiger partial charge is 0.247 e. The van der Waals surface area contributed by atoms with Gasteiger partial charge in [-0.1, -0.05) is 13.8 Å². The van der Waals surface area contributed by atoms with E-state index in [1.54, 1.807) is 0 Å². The molecule has 0 spiro atoms. The molecule has 19 heavy (non-hydrogen) atoms. The molecule has 2 amide bonds. The minimum absolute atomic E-state index is 0.00278. The van der Waals surface area contributed by atoms with E-state index in [0.29, 0.717) is 12.3 Å². The number of carbonyl (C=O) groups is 2. The molecule has 108 valence electrons. The van der Waals surface area contributed by atoms with Crippen molar-refractivity contribution in [2.75, 3.05) is 18.1 Å². The van der Waals surface area contributed by atoms with E-state index in [4.69, 9.17) is 0 Å². The maximum atomic E-state index is 12.3. The predicted octanol–water partition coefficient (Wildman–Crippen LogP) is 1.65. The fraction of sp³-hybridized carbons (Fsp3) is 0.857. The van der Waals surface area contributed by atoms with E-state index >= 15 is 0 Å². The summed E-state index contributed by atoms with van der Waals surface area (Å²) in [6, 6.07) is -0.201.